The van der Waals surface area contributed by atoms with Crippen molar-refractivity contribution in [1.29, 1.82) is 0 Å². The molecule has 16 heavy (non-hydrogen) atoms. The van der Waals surface area contributed by atoms with Gasteiger partial charge in [-0.25, -0.2) is 0 Å². The van der Waals surface area contributed by atoms with E-state index in [-0.39, 0.29) is 31.0 Å². The van der Waals surface area contributed by atoms with Crippen molar-refractivity contribution in [1.82, 2.24) is 0 Å². The Hall–Kier alpha value is -0.160. The summed E-state index contributed by atoms with van der Waals surface area (Å²) in [7, 11) is 0. The van der Waals surface area contributed by atoms with Gasteiger partial charge >= 0.3 is 0 Å². The molecule has 0 aliphatic carbocycles. The molecule has 4 heteroatoms. The largest absolute Gasteiger partial charge is 0.394 e. The van der Waals surface area contributed by atoms with Crippen molar-refractivity contribution in [3.05, 3.63) is 0 Å². The first-order valence-corrected chi connectivity index (χ1v) is 5.95. The Labute approximate surface area is 98.9 Å². The van der Waals surface area contributed by atoms with Gasteiger partial charge < -0.3 is 19.3 Å². The predicted molar refractivity (Wildman–Crippen MR) is 63.6 cm³/mol. The van der Waals surface area contributed by atoms with Gasteiger partial charge in [0.1, 0.15) is 6.10 Å². The molecule has 0 unspecified atom stereocenters. The van der Waals surface area contributed by atoms with Crippen molar-refractivity contribution in [3.8, 4) is 0 Å². The summed E-state index contributed by atoms with van der Waals surface area (Å²) in [6, 6.07) is 0. The molecule has 0 radical (unpaired) electrons. The number of aliphatic hydroxyl groups is 1. The van der Waals surface area contributed by atoms with Crippen LogP contribution in [0.5, 0.6) is 0 Å². The van der Waals surface area contributed by atoms with Crippen molar-refractivity contribution in [2.24, 2.45) is 0 Å². The highest BCUT2D eigenvalue weighted by Crippen LogP contribution is 2.04. The van der Waals surface area contributed by atoms with Gasteiger partial charge in [0.2, 0.25) is 0 Å². The minimum atomic E-state index is -0.184. The van der Waals surface area contributed by atoms with Crippen molar-refractivity contribution < 1.29 is 19.3 Å². The Morgan fingerprint density at radius 2 is 1.31 bits per heavy atom. The molecule has 0 aliphatic rings. The normalized spacial score (nSPS) is 14.1. The lowest BCUT2D eigenvalue weighted by Gasteiger charge is -2.23. The highest BCUT2D eigenvalue weighted by atomic mass is 16.6. The molecule has 0 spiro atoms. The van der Waals surface area contributed by atoms with Gasteiger partial charge in [-0.15, -0.1) is 0 Å². The molecule has 98 valence electrons. The monoisotopic (exact) mass is 234 g/mol. The van der Waals surface area contributed by atoms with Crippen LogP contribution in [0.4, 0.5) is 0 Å². The molecule has 0 amide bonds. The van der Waals surface area contributed by atoms with Crippen molar-refractivity contribution in [2.75, 3.05) is 19.8 Å². The lowest BCUT2D eigenvalue weighted by Crippen LogP contribution is -2.32. The van der Waals surface area contributed by atoms with E-state index in [9.17, 15) is 0 Å². The average Bonchev–Trinajstić information content (AvgIpc) is 2.21. The second kappa shape index (κ2) is 8.93. The molecule has 0 saturated heterocycles. The second-order valence-electron chi connectivity index (χ2n) is 4.52. The van der Waals surface area contributed by atoms with Gasteiger partial charge in [-0.05, 0) is 34.6 Å². The topological polar surface area (TPSA) is 47.9 Å². The lowest BCUT2D eigenvalue weighted by atomic mass is 10.3. The van der Waals surface area contributed by atoms with Gasteiger partial charge in [0.15, 0.2) is 0 Å². The van der Waals surface area contributed by atoms with Crippen LogP contribution in [0, 0.1) is 0 Å². The third kappa shape index (κ3) is 9.09. The summed E-state index contributed by atoms with van der Waals surface area (Å²) in [5, 5.41) is 8.93. The smallest absolute Gasteiger partial charge is 0.105 e. The molecule has 0 heterocycles. The zero-order chi connectivity index (χ0) is 12.6. The van der Waals surface area contributed by atoms with Crippen molar-refractivity contribution >= 4 is 0 Å². The number of hydrogen-bond donors (Lipinski definition) is 1. The van der Waals surface area contributed by atoms with E-state index >= 15 is 0 Å². The number of hydrogen-bond acceptors (Lipinski definition) is 4. The molecule has 0 rings (SSSR count). The molecule has 0 bridgehead atoms. The predicted octanol–water partition coefficient (Wildman–Crippen LogP) is 1.60. The SMILES string of the molecule is CC(C)OCC(COC(C)C)O[C@@H](C)CO. The summed E-state index contributed by atoms with van der Waals surface area (Å²) in [6.45, 7) is 10.8. The molecular formula is C12H26O4. The van der Waals surface area contributed by atoms with E-state index in [0.717, 1.165) is 0 Å². The van der Waals surface area contributed by atoms with Gasteiger partial charge in [-0.2, -0.15) is 0 Å². The molecule has 0 fully saturated rings. The average molecular weight is 234 g/mol. The molecule has 4 nitrogen and oxygen atoms in total. The minimum Gasteiger partial charge on any atom is -0.394 e. The maximum absolute atomic E-state index is 8.93. The zero-order valence-electron chi connectivity index (χ0n) is 11.1. The van der Waals surface area contributed by atoms with Crippen LogP contribution in [0.2, 0.25) is 0 Å². The molecule has 1 N–H and O–H groups in total. The van der Waals surface area contributed by atoms with Crippen LogP contribution in [-0.2, 0) is 14.2 Å². The molecule has 0 aromatic heterocycles. The van der Waals surface area contributed by atoms with Crippen LogP contribution >= 0.6 is 0 Å². The molecule has 1 atom stereocenters. The highest BCUT2D eigenvalue weighted by molar-refractivity contribution is 4.60. The maximum Gasteiger partial charge on any atom is 0.105 e. The van der Waals surface area contributed by atoms with Gasteiger partial charge in [-0.1, -0.05) is 0 Å². The first kappa shape index (κ1) is 15.8. The van der Waals surface area contributed by atoms with E-state index in [0.29, 0.717) is 13.2 Å². The Bertz CT molecular complexity index is 147. The van der Waals surface area contributed by atoms with Crippen molar-refractivity contribution in [2.45, 2.75) is 59.0 Å². The summed E-state index contributed by atoms with van der Waals surface area (Å²) in [5.74, 6) is 0. The fraction of sp³-hybridized carbons (Fsp3) is 1.00. The van der Waals surface area contributed by atoms with E-state index in [1.54, 1.807) is 0 Å². The van der Waals surface area contributed by atoms with Crippen LogP contribution in [0.3, 0.4) is 0 Å². The maximum atomic E-state index is 8.93. The number of rotatable bonds is 9. The first-order chi connectivity index (χ1) is 7.45. The molecular weight excluding hydrogens is 208 g/mol. The Morgan fingerprint density at radius 3 is 1.62 bits per heavy atom. The van der Waals surface area contributed by atoms with Gasteiger partial charge in [-0.3, -0.25) is 0 Å². The van der Waals surface area contributed by atoms with E-state index in [1.165, 1.54) is 0 Å². The van der Waals surface area contributed by atoms with E-state index in [4.69, 9.17) is 19.3 Å². The molecule has 0 aromatic rings. The van der Waals surface area contributed by atoms with Crippen molar-refractivity contribution in [3.63, 3.8) is 0 Å². The third-order valence-corrected chi connectivity index (χ3v) is 1.91. The van der Waals surface area contributed by atoms with Gasteiger partial charge in [0, 0.05) is 0 Å². The van der Waals surface area contributed by atoms with Gasteiger partial charge in [0.05, 0.1) is 38.1 Å². The van der Waals surface area contributed by atoms with Crippen LogP contribution in [0.25, 0.3) is 0 Å². The number of ether oxygens (including phenoxy) is 3. The summed E-state index contributed by atoms with van der Waals surface area (Å²) in [4.78, 5) is 0. The first-order valence-electron chi connectivity index (χ1n) is 5.95. The van der Waals surface area contributed by atoms with E-state index < -0.39 is 0 Å². The standard InChI is InChI=1S/C12H26O4/c1-9(2)14-7-12(8-15-10(3)4)16-11(5)6-13/h9-13H,6-8H2,1-5H3/t11-/m0/s1. The zero-order valence-corrected chi connectivity index (χ0v) is 11.1. The Kier molecular flexibility index (Phi) is 8.84. The van der Waals surface area contributed by atoms with Crippen LogP contribution in [-0.4, -0.2) is 49.3 Å². The van der Waals surface area contributed by atoms with Crippen LogP contribution < -0.4 is 0 Å². The summed E-state index contributed by atoms with van der Waals surface area (Å²) >= 11 is 0. The quantitative estimate of drug-likeness (QED) is 0.658. The van der Waals surface area contributed by atoms with Crippen LogP contribution in [0.15, 0.2) is 0 Å². The summed E-state index contributed by atoms with van der Waals surface area (Å²) < 4.78 is 16.6. The molecule has 0 aliphatic heterocycles. The second-order valence-corrected chi connectivity index (χ2v) is 4.52. The number of aliphatic hydroxyl groups excluding tert-OH is 1. The Balaban J connectivity index is 3.94. The molecule has 0 aromatic carbocycles. The fourth-order valence-electron chi connectivity index (χ4n) is 1.10. The summed E-state index contributed by atoms with van der Waals surface area (Å²) in [6.07, 6.45) is 0.0487. The van der Waals surface area contributed by atoms with Crippen LogP contribution in [0.1, 0.15) is 34.6 Å². The highest BCUT2D eigenvalue weighted by Gasteiger charge is 2.15. The lowest BCUT2D eigenvalue weighted by molar-refractivity contribution is -0.112. The van der Waals surface area contributed by atoms with Gasteiger partial charge in [0.25, 0.3) is 0 Å². The molecule has 0 saturated carbocycles. The minimum absolute atomic E-state index is 0.0137. The summed E-state index contributed by atoms with van der Waals surface area (Å²) in [5.41, 5.74) is 0. The fourth-order valence-corrected chi connectivity index (χ4v) is 1.10. The Morgan fingerprint density at radius 1 is 0.875 bits per heavy atom. The van der Waals surface area contributed by atoms with E-state index in [2.05, 4.69) is 0 Å². The van der Waals surface area contributed by atoms with E-state index in [1.807, 2.05) is 34.6 Å². The third-order valence-electron chi connectivity index (χ3n) is 1.91.